The number of methoxy groups -OCH3 is 1. The maximum atomic E-state index is 6.02. The van der Waals surface area contributed by atoms with Crippen LogP contribution in [0.3, 0.4) is 0 Å². The zero-order valence-electron chi connectivity index (χ0n) is 17.7. The number of hydrogen-bond donors (Lipinski definition) is 2. The van der Waals surface area contributed by atoms with E-state index in [1.165, 1.54) is 11.1 Å². The Balaban J connectivity index is 0.00000420. The van der Waals surface area contributed by atoms with E-state index in [1.54, 1.807) is 14.2 Å². The summed E-state index contributed by atoms with van der Waals surface area (Å²) in [5.74, 6) is 0.792. The van der Waals surface area contributed by atoms with Gasteiger partial charge in [-0.25, -0.2) is 0 Å². The van der Waals surface area contributed by atoms with Crippen molar-refractivity contribution in [3.63, 3.8) is 0 Å². The maximum Gasteiger partial charge on any atom is 0.191 e. The Labute approximate surface area is 191 Å². The second-order valence-electron chi connectivity index (χ2n) is 6.75. The van der Waals surface area contributed by atoms with Gasteiger partial charge in [0, 0.05) is 47.1 Å². The third-order valence-electron chi connectivity index (χ3n) is 4.52. The minimum absolute atomic E-state index is 0. The van der Waals surface area contributed by atoms with Crippen molar-refractivity contribution < 1.29 is 18.9 Å². The summed E-state index contributed by atoms with van der Waals surface area (Å²) in [7, 11) is 3.46. The van der Waals surface area contributed by atoms with Gasteiger partial charge >= 0.3 is 0 Å². The molecule has 1 aliphatic rings. The molecule has 1 saturated heterocycles. The normalized spacial score (nSPS) is 15.0. The van der Waals surface area contributed by atoms with Gasteiger partial charge in [0.25, 0.3) is 0 Å². The molecule has 0 bridgehead atoms. The molecule has 1 aliphatic heterocycles. The first-order chi connectivity index (χ1) is 13.8. The van der Waals surface area contributed by atoms with Crippen molar-refractivity contribution >= 4 is 29.9 Å². The average Bonchev–Trinajstić information content (AvgIpc) is 2.75. The zero-order chi connectivity index (χ0) is 19.9. The van der Waals surface area contributed by atoms with E-state index in [4.69, 9.17) is 18.9 Å². The molecule has 8 heteroatoms. The van der Waals surface area contributed by atoms with Crippen LogP contribution in [0.15, 0.2) is 29.3 Å². The van der Waals surface area contributed by atoms with E-state index in [9.17, 15) is 0 Å². The Hall–Kier alpha value is -0.940. The number of nitrogens with zero attached hydrogens (tertiary/aromatic N) is 1. The molecule has 0 amide bonds. The maximum absolute atomic E-state index is 6.02. The lowest BCUT2D eigenvalue weighted by Gasteiger charge is -2.22. The Morgan fingerprint density at radius 3 is 2.69 bits per heavy atom. The third-order valence-corrected chi connectivity index (χ3v) is 4.52. The van der Waals surface area contributed by atoms with E-state index in [-0.39, 0.29) is 24.0 Å². The highest BCUT2D eigenvalue weighted by atomic mass is 127. The molecule has 2 N–H and O–H groups in total. The van der Waals surface area contributed by atoms with Crippen molar-refractivity contribution in [2.75, 3.05) is 53.7 Å². The Bertz CT molecular complexity index is 569. The SMILES string of the molecule is CN=C(NCCCOCCOC)NCc1cccc(COC2CCOCC2)c1.I. The second kappa shape index (κ2) is 16.8. The van der Waals surface area contributed by atoms with Crippen LogP contribution in [0.1, 0.15) is 30.4 Å². The Morgan fingerprint density at radius 1 is 1.14 bits per heavy atom. The van der Waals surface area contributed by atoms with Gasteiger partial charge < -0.3 is 29.6 Å². The van der Waals surface area contributed by atoms with Crippen LogP contribution in [-0.4, -0.2) is 65.8 Å². The monoisotopic (exact) mass is 521 g/mol. The average molecular weight is 521 g/mol. The van der Waals surface area contributed by atoms with Crippen molar-refractivity contribution in [3.05, 3.63) is 35.4 Å². The molecule has 0 aromatic heterocycles. The number of hydrogen-bond acceptors (Lipinski definition) is 5. The van der Waals surface area contributed by atoms with Crippen molar-refractivity contribution in [2.45, 2.75) is 38.5 Å². The molecular formula is C21H36IN3O4. The van der Waals surface area contributed by atoms with E-state index in [0.29, 0.717) is 32.5 Å². The van der Waals surface area contributed by atoms with Crippen molar-refractivity contribution in [2.24, 2.45) is 4.99 Å². The van der Waals surface area contributed by atoms with Gasteiger partial charge in [-0.05, 0) is 30.4 Å². The van der Waals surface area contributed by atoms with E-state index in [1.807, 2.05) is 0 Å². The molecule has 7 nitrogen and oxygen atoms in total. The minimum Gasteiger partial charge on any atom is -0.382 e. The molecule has 0 aliphatic carbocycles. The highest BCUT2D eigenvalue weighted by Gasteiger charge is 2.14. The van der Waals surface area contributed by atoms with Crippen LogP contribution in [0.4, 0.5) is 0 Å². The lowest BCUT2D eigenvalue weighted by atomic mass is 10.1. The van der Waals surface area contributed by atoms with Crippen LogP contribution in [0.25, 0.3) is 0 Å². The van der Waals surface area contributed by atoms with Crippen molar-refractivity contribution in [1.29, 1.82) is 0 Å². The van der Waals surface area contributed by atoms with E-state index in [2.05, 4.69) is 39.9 Å². The van der Waals surface area contributed by atoms with Gasteiger partial charge in [-0.1, -0.05) is 24.3 Å². The van der Waals surface area contributed by atoms with Gasteiger partial charge in [-0.2, -0.15) is 0 Å². The third kappa shape index (κ3) is 11.7. The standard InChI is InChI=1S/C21H35N3O4.HI/c1-22-21(23-9-4-10-26-14-13-25-2)24-16-18-5-3-6-19(15-18)17-28-20-7-11-27-12-8-20;/h3,5-6,15,20H,4,7-14,16-17H2,1-2H3,(H2,22,23,24);1H. The van der Waals surface area contributed by atoms with Crippen molar-refractivity contribution in [1.82, 2.24) is 10.6 Å². The van der Waals surface area contributed by atoms with Gasteiger partial charge in [-0.3, -0.25) is 4.99 Å². The minimum atomic E-state index is 0. The number of nitrogens with one attached hydrogen (secondary N) is 2. The number of guanidine groups is 1. The lowest BCUT2D eigenvalue weighted by molar-refractivity contribution is -0.0390. The fraction of sp³-hybridized carbons (Fsp3) is 0.667. The predicted octanol–water partition coefficient (Wildman–Crippen LogP) is 2.72. The molecule has 0 spiro atoms. The highest BCUT2D eigenvalue weighted by Crippen LogP contribution is 2.14. The van der Waals surface area contributed by atoms with Gasteiger partial charge in [0.2, 0.25) is 0 Å². The van der Waals surface area contributed by atoms with Gasteiger partial charge in [0.15, 0.2) is 5.96 Å². The van der Waals surface area contributed by atoms with E-state index in [0.717, 1.165) is 51.5 Å². The summed E-state index contributed by atoms with van der Waals surface area (Å²) in [6, 6.07) is 8.48. The number of ether oxygens (including phenoxy) is 4. The summed E-state index contributed by atoms with van der Waals surface area (Å²) in [5, 5.41) is 6.65. The van der Waals surface area contributed by atoms with Crippen LogP contribution >= 0.6 is 24.0 Å². The first kappa shape index (κ1) is 26.1. The fourth-order valence-corrected chi connectivity index (χ4v) is 2.92. The van der Waals surface area contributed by atoms with E-state index < -0.39 is 0 Å². The van der Waals surface area contributed by atoms with Crippen LogP contribution in [0, 0.1) is 0 Å². The summed E-state index contributed by atoms with van der Waals surface area (Å²) in [6.07, 6.45) is 3.21. The summed E-state index contributed by atoms with van der Waals surface area (Å²) < 4.78 is 21.8. The molecule has 0 atom stereocenters. The van der Waals surface area contributed by atoms with Crippen molar-refractivity contribution in [3.8, 4) is 0 Å². The predicted molar refractivity (Wildman–Crippen MR) is 126 cm³/mol. The van der Waals surface area contributed by atoms with Gasteiger partial charge in [0.05, 0.1) is 25.9 Å². The largest absolute Gasteiger partial charge is 0.382 e. The molecule has 166 valence electrons. The van der Waals surface area contributed by atoms with Crippen LogP contribution < -0.4 is 10.6 Å². The zero-order valence-corrected chi connectivity index (χ0v) is 20.0. The molecular weight excluding hydrogens is 485 g/mol. The Kier molecular flexibility index (Phi) is 15.1. The second-order valence-corrected chi connectivity index (χ2v) is 6.75. The quantitative estimate of drug-likeness (QED) is 0.191. The summed E-state index contributed by atoms with van der Waals surface area (Å²) in [4.78, 5) is 4.27. The van der Waals surface area contributed by atoms with Crippen LogP contribution in [-0.2, 0) is 32.1 Å². The summed E-state index contributed by atoms with van der Waals surface area (Å²) >= 11 is 0. The van der Waals surface area contributed by atoms with Gasteiger partial charge in [-0.15, -0.1) is 24.0 Å². The number of benzene rings is 1. The van der Waals surface area contributed by atoms with Crippen LogP contribution in [0.5, 0.6) is 0 Å². The summed E-state index contributed by atoms with van der Waals surface area (Å²) in [5.41, 5.74) is 2.40. The summed E-state index contributed by atoms with van der Waals surface area (Å²) in [6.45, 7) is 5.77. The first-order valence-electron chi connectivity index (χ1n) is 10.1. The highest BCUT2D eigenvalue weighted by molar-refractivity contribution is 14.0. The molecule has 1 fully saturated rings. The number of rotatable bonds is 12. The number of aliphatic imine (C=N–C) groups is 1. The molecule has 0 saturated carbocycles. The Morgan fingerprint density at radius 2 is 1.93 bits per heavy atom. The fourth-order valence-electron chi connectivity index (χ4n) is 2.92. The van der Waals surface area contributed by atoms with Gasteiger partial charge in [0.1, 0.15) is 0 Å². The van der Waals surface area contributed by atoms with Crippen LogP contribution in [0.2, 0.25) is 0 Å². The molecule has 0 radical (unpaired) electrons. The lowest BCUT2D eigenvalue weighted by Crippen LogP contribution is -2.37. The molecule has 1 aromatic rings. The topological polar surface area (TPSA) is 73.3 Å². The molecule has 1 heterocycles. The van der Waals surface area contributed by atoms with E-state index >= 15 is 0 Å². The molecule has 2 rings (SSSR count). The molecule has 29 heavy (non-hydrogen) atoms. The molecule has 1 aromatic carbocycles. The smallest absolute Gasteiger partial charge is 0.191 e. The molecule has 0 unspecified atom stereocenters. The number of halogens is 1. The first-order valence-corrected chi connectivity index (χ1v) is 10.1.